The molecule has 2 aromatic rings. The number of alkyl halides is 2. The van der Waals surface area contributed by atoms with Gasteiger partial charge in [-0.1, -0.05) is 29.8 Å². The van der Waals surface area contributed by atoms with Gasteiger partial charge >= 0.3 is 6.61 Å². The van der Waals surface area contributed by atoms with Gasteiger partial charge in [0.1, 0.15) is 11.5 Å². The number of aryl methyl sites for hydroxylation is 1. The highest BCUT2D eigenvalue weighted by atomic mass is 19.3. The Morgan fingerprint density at radius 3 is 2.48 bits per heavy atom. The van der Waals surface area contributed by atoms with Crippen molar-refractivity contribution in [3.05, 3.63) is 59.2 Å². The van der Waals surface area contributed by atoms with Crippen LogP contribution in [0.3, 0.4) is 0 Å². The average molecular weight is 434 g/mol. The van der Waals surface area contributed by atoms with Crippen molar-refractivity contribution in [2.24, 2.45) is 4.99 Å². The molecule has 0 bridgehead atoms. The molecule has 0 aliphatic rings. The Bertz CT molecular complexity index is 874. The monoisotopic (exact) mass is 434 g/mol. The lowest BCUT2D eigenvalue weighted by Gasteiger charge is -2.13. The van der Waals surface area contributed by atoms with Gasteiger partial charge in [-0.3, -0.25) is 4.79 Å². The Morgan fingerprint density at radius 2 is 1.84 bits per heavy atom. The molecule has 0 unspecified atom stereocenters. The van der Waals surface area contributed by atoms with E-state index in [0.29, 0.717) is 24.6 Å². The quantitative estimate of drug-likeness (QED) is 0.396. The highest BCUT2D eigenvalue weighted by molar-refractivity contribution is 5.86. The van der Waals surface area contributed by atoms with E-state index in [-0.39, 0.29) is 24.7 Å². The molecule has 2 aromatic carbocycles. The first-order valence-electron chi connectivity index (χ1n) is 9.87. The number of rotatable bonds is 10. The second-order valence-electron chi connectivity index (χ2n) is 6.66. The lowest BCUT2D eigenvalue weighted by molar-refractivity contribution is -0.120. The number of nitrogens with zero attached hydrogens (tertiary/aromatic N) is 1. The number of halogens is 2. The SMILES string of the molecule is CCNC(=NCc1cc(C)ccc1OC(F)F)NCC(=O)NCc1ccc(OC)cc1. The van der Waals surface area contributed by atoms with Crippen molar-refractivity contribution in [3.63, 3.8) is 0 Å². The Hall–Kier alpha value is -3.36. The van der Waals surface area contributed by atoms with E-state index in [1.807, 2.05) is 38.1 Å². The van der Waals surface area contributed by atoms with Gasteiger partial charge < -0.3 is 25.4 Å². The van der Waals surface area contributed by atoms with E-state index in [1.165, 1.54) is 6.07 Å². The second kappa shape index (κ2) is 12.4. The highest BCUT2D eigenvalue weighted by Gasteiger charge is 2.10. The minimum absolute atomic E-state index is 0.0101. The number of benzene rings is 2. The predicted molar refractivity (Wildman–Crippen MR) is 115 cm³/mol. The van der Waals surface area contributed by atoms with Crippen molar-refractivity contribution in [1.29, 1.82) is 0 Å². The van der Waals surface area contributed by atoms with Gasteiger partial charge in [-0.15, -0.1) is 0 Å². The maximum atomic E-state index is 12.6. The maximum Gasteiger partial charge on any atom is 0.387 e. The number of aliphatic imine (C=N–C) groups is 1. The first kappa shape index (κ1) is 23.9. The molecule has 0 atom stereocenters. The van der Waals surface area contributed by atoms with Gasteiger partial charge in [0, 0.05) is 18.7 Å². The summed E-state index contributed by atoms with van der Waals surface area (Å²) in [6.45, 7) is 1.92. The predicted octanol–water partition coefficient (Wildman–Crippen LogP) is 2.98. The molecule has 1 amide bonds. The number of hydrogen-bond acceptors (Lipinski definition) is 4. The van der Waals surface area contributed by atoms with Crippen LogP contribution in [0, 0.1) is 6.92 Å². The van der Waals surface area contributed by atoms with Crippen LogP contribution in [0.5, 0.6) is 11.5 Å². The summed E-state index contributed by atoms with van der Waals surface area (Å²) in [7, 11) is 1.59. The molecule has 0 saturated heterocycles. The number of ether oxygens (including phenoxy) is 2. The Labute approximate surface area is 180 Å². The summed E-state index contributed by atoms with van der Waals surface area (Å²) >= 11 is 0. The Morgan fingerprint density at radius 1 is 1.10 bits per heavy atom. The van der Waals surface area contributed by atoms with Crippen LogP contribution >= 0.6 is 0 Å². The number of carbonyl (C=O) groups is 1. The highest BCUT2D eigenvalue weighted by Crippen LogP contribution is 2.22. The molecule has 0 spiro atoms. The number of methoxy groups -OCH3 is 1. The van der Waals surface area contributed by atoms with Gasteiger partial charge in [0.05, 0.1) is 20.2 Å². The lowest BCUT2D eigenvalue weighted by atomic mass is 10.1. The zero-order valence-electron chi connectivity index (χ0n) is 17.9. The molecule has 2 rings (SSSR count). The molecule has 0 radical (unpaired) electrons. The number of carbonyl (C=O) groups excluding carboxylic acids is 1. The molecule has 3 N–H and O–H groups in total. The van der Waals surface area contributed by atoms with Crippen LogP contribution in [0.4, 0.5) is 8.78 Å². The smallest absolute Gasteiger partial charge is 0.387 e. The summed E-state index contributed by atoms with van der Waals surface area (Å²) in [5, 5.41) is 8.78. The molecule has 31 heavy (non-hydrogen) atoms. The molecule has 168 valence electrons. The molecule has 0 aliphatic heterocycles. The van der Waals surface area contributed by atoms with Crippen molar-refractivity contribution < 1.29 is 23.0 Å². The molecule has 9 heteroatoms. The molecule has 0 fully saturated rings. The Balaban J connectivity index is 1.92. The third-order valence-corrected chi connectivity index (χ3v) is 4.25. The second-order valence-corrected chi connectivity index (χ2v) is 6.66. The average Bonchev–Trinajstić information content (AvgIpc) is 2.75. The van der Waals surface area contributed by atoms with Crippen LogP contribution in [0.25, 0.3) is 0 Å². The third-order valence-electron chi connectivity index (χ3n) is 4.25. The lowest BCUT2D eigenvalue weighted by Crippen LogP contribution is -2.43. The molecule has 7 nitrogen and oxygen atoms in total. The molecule has 0 aliphatic carbocycles. The van der Waals surface area contributed by atoms with E-state index in [0.717, 1.165) is 16.9 Å². The van der Waals surface area contributed by atoms with E-state index < -0.39 is 6.61 Å². The van der Waals surface area contributed by atoms with Crippen LogP contribution in [-0.2, 0) is 17.9 Å². The van der Waals surface area contributed by atoms with Crippen molar-refractivity contribution >= 4 is 11.9 Å². The van der Waals surface area contributed by atoms with E-state index in [9.17, 15) is 13.6 Å². The van der Waals surface area contributed by atoms with Crippen molar-refractivity contribution in [3.8, 4) is 11.5 Å². The summed E-state index contributed by atoms with van der Waals surface area (Å²) in [6.07, 6.45) is 0. The number of hydrogen-bond donors (Lipinski definition) is 3. The van der Waals surface area contributed by atoms with Gasteiger partial charge in [0.15, 0.2) is 5.96 Å². The Kier molecular flexibility index (Phi) is 9.54. The van der Waals surface area contributed by atoms with Crippen LogP contribution in [0.15, 0.2) is 47.5 Å². The molecule has 0 saturated carbocycles. The van der Waals surface area contributed by atoms with E-state index in [2.05, 4.69) is 25.7 Å². The largest absolute Gasteiger partial charge is 0.497 e. The fourth-order valence-corrected chi connectivity index (χ4v) is 2.72. The molecule has 0 aromatic heterocycles. The normalized spacial score (nSPS) is 11.2. The van der Waals surface area contributed by atoms with E-state index >= 15 is 0 Å². The van der Waals surface area contributed by atoms with Crippen molar-refractivity contribution in [1.82, 2.24) is 16.0 Å². The van der Waals surface area contributed by atoms with E-state index in [4.69, 9.17) is 4.74 Å². The van der Waals surface area contributed by atoms with Gasteiger partial charge in [0.2, 0.25) is 5.91 Å². The standard InChI is InChI=1S/C22H28F2N4O3/c1-4-25-22(27-13-17-11-15(2)5-10-19(17)31-21(23)24)28-14-20(29)26-12-16-6-8-18(30-3)9-7-16/h5-11,21H,4,12-14H2,1-3H3,(H,26,29)(H2,25,27,28). The molecule has 0 heterocycles. The van der Waals surface area contributed by atoms with Gasteiger partial charge in [0.25, 0.3) is 0 Å². The zero-order valence-corrected chi connectivity index (χ0v) is 17.9. The summed E-state index contributed by atoms with van der Waals surface area (Å²) in [4.78, 5) is 16.5. The number of guanidine groups is 1. The van der Waals surface area contributed by atoms with Crippen molar-refractivity contribution in [2.75, 3.05) is 20.2 Å². The zero-order chi connectivity index (χ0) is 22.6. The summed E-state index contributed by atoms with van der Waals surface area (Å²) in [6, 6.07) is 12.3. The number of amides is 1. The van der Waals surface area contributed by atoms with Crippen LogP contribution in [0.2, 0.25) is 0 Å². The topological polar surface area (TPSA) is 84.0 Å². The van der Waals surface area contributed by atoms with Crippen LogP contribution in [0.1, 0.15) is 23.6 Å². The minimum atomic E-state index is -2.91. The summed E-state index contributed by atoms with van der Waals surface area (Å²) in [5.74, 6) is 1.02. The first-order chi connectivity index (χ1) is 14.9. The maximum absolute atomic E-state index is 12.6. The minimum Gasteiger partial charge on any atom is -0.497 e. The first-order valence-corrected chi connectivity index (χ1v) is 9.87. The molecular formula is C22H28F2N4O3. The third kappa shape index (κ3) is 8.49. The fourth-order valence-electron chi connectivity index (χ4n) is 2.72. The van der Waals surface area contributed by atoms with E-state index in [1.54, 1.807) is 19.2 Å². The van der Waals surface area contributed by atoms with Gasteiger partial charge in [-0.25, -0.2) is 4.99 Å². The molecular weight excluding hydrogens is 406 g/mol. The van der Waals surface area contributed by atoms with Crippen LogP contribution < -0.4 is 25.4 Å². The fraction of sp³-hybridized carbons (Fsp3) is 0.364. The van der Waals surface area contributed by atoms with Crippen molar-refractivity contribution in [2.45, 2.75) is 33.5 Å². The summed E-state index contributed by atoms with van der Waals surface area (Å²) in [5.41, 5.74) is 2.38. The van der Waals surface area contributed by atoms with Gasteiger partial charge in [-0.05, 0) is 37.6 Å². The van der Waals surface area contributed by atoms with Gasteiger partial charge in [-0.2, -0.15) is 8.78 Å². The summed E-state index contributed by atoms with van der Waals surface area (Å²) < 4.78 is 34.9. The van der Waals surface area contributed by atoms with Crippen LogP contribution in [-0.4, -0.2) is 38.7 Å². The number of nitrogens with one attached hydrogen (secondary N) is 3.